The van der Waals surface area contributed by atoms with E-state index in [-0.39, 0.29) is 0 Å². The molecule has 0 aromatic carbocycles. The maximum atomic E-state index is 12.1. The molecule has 0 radical (unpaired) electrons. The van der Waals surface area contributed by atoms with Crippen molar-refractivity contribution in [2.24, 2.45) is 0 Å². The summed E-state index contributed by atoms with van der Waals surface area (Å²) in [4.78, 5) is 0. The van der Waals surface area contributed by atoms with Crippen molar-refractivity contribution in [1.82, 2.24) is 0 Å². The van der Waals surface area contributed by atoms with Gasteiger partial charge in [-0.05, 0) is 6.92 Å². The van der Waals surface area contributed by atoms with E-state index in [0.29, 0.717) is 6.92 Å². The van der Waals surface area contributed by atoms with Crippen LogP contribution in [0.5, 0.6) is 0 Å². The average molecular weight is 280 g/mol. The first-order valence-corrected chi connectivity index (χ1v) is 5.56. The van der Waals surface area contributed by atoms with Gasteiger partial charge in [-0.1, -0.05) is 0 Å². The number of hydrogen-bond donors (Lipinski definition) is 0. The third-order valence-electron chi connectivity index (χ3n) is 1.56. The minimum absolute atomic E-state index is 0.630. The fourth-order valence-electron chi connectivity index (χ4n) is 0.944. The summed E-state index contributed by atoms with van der Waals surface area (Å²) < 4.78 is 112. The van der Waals surface area contributed by atoms with Crippen LogP contribution in [0.2, 0.25) is 0 Å². The van der Waals surface area contributed by atoms with Gasteiger partial charge >= 0.3 is 25.7 Å². The first-order valence-electron chi connectivity index (χ1n) is 3.65. The molecule has 0 bridgehead atoms. The van der Waals surface area contributed by atoms with E-state index >= 15 is 0 Å². The Morgan fingerprint density at radius 1 is 0.750 bits per heavy atom. The highest BCUT2D eigenvalue weighted by molar-refractivity contribution is 6.79. The third-order valence-corrected chi connectivity index (χ3v) is 4.68. The first kappa shape index (κ1) is 15.5. The van der Waals surface area contributed by atoms with Gasteiger partial charge in [-0.15, -0.1) is 0 Å². The number of rotatable bonds is 2. The fourth-order valence-corrected chi connectivity index (χ4v) is 2.83. The zero-order chi connectivity index (χ0) is 13.4. The van der Waals surface area contributed by atoms with Crippen LogP contribution in [0.1, 0.15) is 6.92 Å². The molecular weight excluding hydrogens is 275 g/mol. The van der Waals surface area contributed by atoms with Crippen LogP contribution in [-0.4, -0.2) is 32.3 Å². The highest BCUT2D eigenvalue weighted by Gasteiger charge is 2.90. The average Bonchev–Trinajstić information content (AvgIpc) is 1.91. The van der Waals surface area contributed by atoms with Crippen molar-refractivity contribution < 1.29 is 43.9 Å². The summed E-state index contributed by atoms with van der Waals surface area (Å²) in [5.74, 6) is -19.5. The maximum Gasteiger partial charge on any atom is 0.547 e. The lowest BCUT2D eigenvalue weighted by Crippen LogP contribution is -2.73. The van der Waals surface area contributed by atoms with E-state index in [1.54, 1.807) is 0 Å². The standard InChI is InChI=1S/C5H5F9OSi/c1-2-15-16(3(6,7)8,4(9,10)11)5(12,13)14/h2H2,1H3. The van der Waals surface area contributed by atoms with Gasteiger partial charge in [0.15, 0.2) is 0 Å². The smallest absolute Gasteiger partial charge is 0.397 e. The van der Waals surface area contributed by atoms with E-state index in [1.165, 1.54) is 0 Å². The van der Waals surface area contributed by atoms with Crippen molar-refractivity contribution in [1.29, 1.82) is 0 Å². The second-order valence-corrected chi connectivity index (χ2v) is 5.96. The lowest BCUT2D eigenvalue weighted by Gasteiger charge is -2.34. The van der Waals surface area contributed by atoms with Crippen LogP contribution in [0.25, 0.3) is 0 Å². The third kappa shape index (κ3) is 2.29. The summed E-state index contributed by atoms with van der Waals surface area (Å²) in [6.45, 7) is -0.699. The summed E-state index contributed by atoms with van der Waals surface area (Å²) in [5.41, 5.74) is 0. The normalized spacial score (nSPS) is 15.4. The molecule has 0 fully saturated rings. The Labute approximate surface area is 84.3 Å². The van der Waals surface area contributed by atoms with Gasteiger partial charge in [0.2, 0.25) is 0 Å². The van der Waals surface area contributed by atoms with E-state index in [9.17, 15) is 39.5 Å². The van der Waals surface area contributed by atoms with Crippen molar-refractivity contribution in [3.63, 3.8) is 0 Å². The Bertz CT molecular complexity index is 202. The molecule has 98 valence electrons. The molecule has 0 saturated carbocycles. The van der Waals surface area contributed by atoms with Crippen LogP contribution in [0.15, 0.2) is 0 Å². The molecule has 0 saturated heterocycles. The van der Waals surface area contributed by atoms with Crippen LogP contribution in [0, 0.1) is 0 Å². The molecule has 0 aliphatic carbocycles. The molecule has 0 atom stereocenters. The first-order chi connectivity index (χ1) is 6.81. The van der Waals surface area contributed by atoms with Crippen LogP contribution < -0.4 is 0 Å². The van der Waals surface area contributed by atoms with Crippen molar-refractivity contribution in [2.75, 3.05) is 6.61 Å². The predicted octanol–water partition coefficient (Wildman–Crippen LogP) is 3.27. The second-order valence-electron chi connectivity index (χ2n) is 2.61. The molecule has 0 unspecified atom stereocenters. The number of hydrogen-bond acceptors (Lipinski definition) is 1. The van der Waals surface area contributed by atoms with Crippen LogP contribution >= 0.6 is 0 Å². The minimum atomic E-state index is -7.90. The Kier molecular flexibility index (Phi) is 3.97. The van der Waals surface area contributed by atoms with Crippen molar-refractivity contribution in [3.05, 3.63) is 0 Å². The second kappa shape index (κ2) is 4.09. The minimum Gasteiger partial charge on any atom is -0.397 e. The van der Waals surface area contributed by atoms with Gasteiger partial charge in [0.25, 0.3) is 0 Å². The van der Waals surface area contributed by atoms with Gasteiger partial charge < -0.3 is 4.43 Å². The summed E-state index contributed by atoms with van der Waals surface area (Å²) >= 11 is 0. The van der Waals surface area contributed by atoms with E-state index in [2.05, 4.69) is 4.43 Å². The van der Waals surface area contributed by atoms with Gasteiger partial charge in [-0.3, -0.25) is 0 Å². The largest absolute Gasteiger partial charge is 0.547 e. The topological polar surface area (TPSA) is 9.23 Å². The van der Waals surface area contributed by atoms with E-state index < -0.39 is 32.3 Å². The molecule has 0 aromatic heterocycles. The molecule has 0 spiro atoms. The number of halogens is 9. The Balaban J connectivity index is 5.82. The molecular formula is C5H5F9OSi. The summed E-state index contributed by atoms with van der Waals surface area (Å²) in [6, 6.07) is 0. The predicted molar refractivity (Wildman–Crippen MR) is 35.5 cm³/mol. The van der Waals surface area contributed by atoms with Gasteiger partial charge in [0, 0.05) is 6.61 Å². The van der Waals surface area contributed by atoms with Crippen molar-refractivity contribution in [2.45, 2.75) is 24.3 Å². The lowest BCUT2D eigenvalue weighted by molar-refractivity contribution is -0.192. The molecule has 0 rings (SSSR count). The van der Waals surface area contributed by atoms with Gasteiger partial charge in [0.1, 0.15) is 0 Å². The molecule has 0 aliphatic rings. The van der Waals surface area contributed by atoms with Crippen LogP contribution in [0.3, 0.4) is 0 Å². The fraction of sp³-hybridized carbons (Fsp3) is 1.00. The van der Waals surface area contributed by atoms with Gasteiger partial charge in [0.05, 0.1) is 0 Å². The molecule has 0 aliphatic heterocycles. The molecule has 1 nitrogen and oxygen atoms in total. The zero-order valence-corrected chi connectivity index (χ0v) is 8.52. The Morgan fingerprint density at radius 3 is 1.06 bits per heavy atom. The molecule has 11 heteroatoms. The molecule has 0 N–H and O–H groups in total. The van der Waals surface area contributed by atoms with E-state index in [0.717, 1.165) is 0 Å². The zero-order valence-electron chi connectivity index (χ0n) is 7.52. The summed E-state index contributed by atoms with van der Waals surface area (Å²) in [6.07, 6.45) is 0. The van der Waals surface area contributed by atoms with Crippen LogP contribution in [-0.2, 0) is 4.43 Å². The van der Waals surface area contributed by atoms with Gasteiger partial charge in [-0.25, -0.2) is 0 Å². The van der Waals surface area contributed by atoms with Gasteiger partial charge in [-0.2, -0.15) is 39.5 Å². The Hall–Kier alpha value is -0.453. The molecule has 0 aromatic rings. The highest BCUT2D eigenvalue weighted by Crippen LogP contribution is 2.50. The number of alkyl halides is 9. The Morgan fingerprint density at radius 2 is 1.00 bits per heavy atom. The van der Waals surface area contributed by atoms with E-state index in [1.807, 2.05) is 0 Å². The molecule has 0 amide bonds. The van der Waals surface area contributed by atoms with Crippen LogP contribution in [0.4, 0.5) is 39.5 Å². The SMILES string of the molecule is CCO[Si](C(F)(F)F)(C(F)(F)F)C(F)(F)F. The highest BCUT2D eigenvalue weighted by atomic mass is 28.4. The summed E-state index contributed by atoms with van der Waals surface area (Å²) in [5, 5.41) is 0. The molecule has 0 heterocycles. The maximum absolute atomic E-state index is 12.1. The van der Waals surface area contributed by atoms with Crippen molar-refractivity contribution in [3.8, 4) is 0 Å². The summed E-state index contributed by atoms with van der Waals surface area (Å²) in [7, 11) is -7.90. The lowest BCUT2D eigenvalue weighted by atomic mass is 10.9. The van der Waals surface area contributed by atoms with E-state index in [4.69, 9.17) is 0 Å². The monoisotopic (exact) mass is 280 g/mol. The van der Waals surface area contributed by atoms with Crippen molar-refractivity contribution >= 4 is 8.32 Å². The quantitative estimate of drug-likeness (QED) is 0.557. The molecule has 16 heavy (non-hydrogen) atoms.